The highest BCUT2D eigenvalue weighted by molar-refractivity contribution is 5.84. The van der Waals surface area contributed by atoms with E-state index in [2.05, 4.69) is 15.3 Å². The molecule has 0 atom stereocenters. The van der Waals surface area contributed by atoms with E-state index in [0.717, 1.165) is 11.3 Å². The minimum absolute atomic E-state index is 0.488. The fourth-order valence-corrected chi connectivity index (χ4v) is 1.06. The zero-order valence-electron chi connectivity index (χ0n) is 12.3. The van der Waals surface area contributed by atoms with Crippen LogP contribution < -0.4 is 5.32 Å². The number of carbonyl (C=O) groups is 1. The van der Waals surface area contributed by atoms with Gasteiger partial charge in [-0.2, -0.15) is 0 Å². The zero-order valence-corrected chi connectivity index (χ0v) is 12.3. The van der Waals surface area contributed by atoms with Crippen LogP contribution in [0.3, 0.4) is 0 Å². The number of hydrogen-bond donors (Lipinski definition) is 1. The van der Waals surface area contributed by atoms with Crippen LogP contribution in [0.5, 0.6) is 0 Å². The zero-order chi connectivity index (χ0) is 14.3. The lowest BCUT2D eigenvalue weighted by Gasteiger charge is -2.19. The summed E-state index contributed by atoms with van der Waals surface area (Å²) >= 11 is 0. The minimum Gasteiger partial charge on any atom is -0.444 e. The predicted octanol–water partition coefficient (Wildman–Crippen LogP) is 3.47. The van der Waals surface area contributed by atoms with Crippen LogP contribution in [0.25, 0.3) is 0 Å². The van der Waals surface area contributed by atoms with Crippen LogP contribution in [-0.2, 0) is 4.74 Å². The van der Waals surface area contributed by atoms with Crippen molar-refractivity contribution >= 4 is 11.9 Å². The lowest BCUT2D eigenvalue weighted by atomic mass is 10.2. The van der Waals surface area contributed by atoms with Crippen molar-refractivity contribution in [2.45, 2.75) is 54.1 Å². The van der Waals surface area contributed by atoms with E-state index in [1.807, 2.05) is 48.5 Å². The first kappa shape index (κ1) is 16.4. The van der Waals surface area contributed by atoms with Gasteiger partial charge in [0.2, 0.25) is 0 Å². The largest absolute Gasteiger partial charge is 0.444 e. The summed E-state index contributed by atoms with van der Waals surface area (Å²) in [5.41, 5.74) is 1.16. The summed E-state index contributed by atoms with van der Waals surface area (Å²) in [6, 6.07) is 0. The number of ether oxygens (including phenoxy) is 1. The first-order valence-electron chi connectivity index (χ1n) is 6.08. The van der Waals surface area contributed by atoms with Crippen molar-refractivity contribution < 1.29 is 9.53 Å². The molecule has 1 N–H and O–H groups in total. The molecule has 0 radical (unpaired) electrons. The summed E-state index contributed by atoms with van der Waals surface area (Å²) in [5, 5.41) is 2.60. The molecule has 0 spiro atoms. The number of amides is 1. The van der Waals surface area contributed by atoms with Gasteiger partial charge in [-0.25, -0.2) is 14.8 Å². The summed E-state index contributed by atoms with van der Waals surface area (Å²) < 4.78 is 5.13. The van der Waals surface area contributed by atoms with Gasteiger partial charge in [0.05, 0.1) is 0 Å². The molecule has 1 aromatic rings. The Bertz CT molecular complexity index is 398. The molecule has 1 amide bonds. The predicted molar refractivity (Wildman–Crippen MR) is 72.7 cm³/mol. The van der Waals surface area contributed by atoms with Gasteiger partial charge in [-0.05, 0) is 34.6 Å². The first-order chi connectivity index (χ1) is 8.29. The summed E-state index contributed by atoms with van der Waals surface area (Å²) in [5.74, 6) is 0.488. The van der Waals surface area contributed by atoms with Crippen LogP contribution in [0.15, 0.2) is 6.33 Å². The summed E-state index contributed by atoms with van der Waals surface area (Å²) in [6.45, 7) is 13.1. The van der Waals surface area contributed by atoms with Gasteiger partial charge < -0.3 is 4.74 Å². The Morgan fingerprint density at radius 3 is 2.28 bits per heavy atom. The molecule has 0 aliphatic rings. The fraction of sp³-hybridized carbons (Fsp3) is 0.615. The maximum absolute atomic E-state index is 11.5. The molecule has 0 unspecified atom stereocenters. The summed E-state index contributed by atoms with van der Waals surface area (Å²) in [7, 11) is 0. The quantitative estimate of drug-likeness (QED) is 0.832. The molecular weight excluding hydrogens is 230 g/mol. The molecule has 0 aliphatic carbocycles. The molecule has 18 heavy (non-hydrogen) atoms. The SMILES string of the molecule is CC.Cc1ncnc(NC(=O)OC(C)(C)C)c1C. The van der Waals surface area contributed by atoms with E-state index >= 15 is 0 Å². The van der Waals surface area contributed by atoms with Gasteiger partial charge in [-0.3, -0.25) is 5.32 Å². The lowest BCUT2D eigenvalue weighted by molar-refractivity contribution is 0.0635. The Morgan fingerprint density at radius 2 is 1.78 bits per heavy atom. The number of rotatable bonds is 1. The monoisotopic (exact) mass is 253 g/mol. The maximum atomic E-state index is 11.5. The van der Waals surface area contributed by atoms with Crippen LogP contribution in [0.1, 0.15) is 45.9 Å². The molecule has 0 bridgehead atoms. The molecule has 0 saturated heterocycles. The van der Waals surface area contributed by atoms with Crippen molar-refractivity contribution in [1.29, 1.82) is 0 Å². The maximum Gasteiger partial charge on any atom is 0.413 e. The topological polar surface area (TPSA) is 64.1 Å². The lowest BCUT2D eigenvalue weighted by Crippen LogP contribution is -2.27. The number of carbonyl (C=O) groups excluding carboxylic acids is 1. The van der Waals surface area contributed by atoms with Crippen molar-refractivity contribution in [1.82, 2.24) is 9.97 Å². The Kier molecular flexibility index (Phi) is 6.30. The average molecular weight is 253 g/mol. The highest BCUT2D eigenvalue weighted by atomic mass is 16.6. The molecule has 0 fully saturated rings. The van der Waals surface area contributed by atoms with Crippen LogP contribution in [-0.4, -0.2) is 21.7 Å². The second-order valence-corrected chi connectivity index (χ2v) is 4.56. The molecular formula is C13H23N3O2. The van der Waals surface area contributed by atoms with Crippen LogP contribution >= 0.6 is 0 Å². The molecule has 5 nitrogen and oxygen atoms in total. The van der Waals surface area contributed by atoms with E-state index < -0.39 is 11.7 Å². The highest BCUT2D eigenvalue weighted by Gasteiger charge is 2.17. The number of nitrogens with one attached hydrogen (secondary N) is 1. The molecule has 1 heterocycles. The number of aromatic nitrogens is 2. The third kappa shape index (κ3) is 5.61. The number of aryl methyl sites for hydroxylation is 1. The second-order valence-electron chi connectivity index (χ2n) is 4.56. The molecule has 0 aliphatic heterocycles. The number of nitrogens with zero attached hydrogens (tertiary/aromatic N) is 2. The van der Waals surface area contributed by atoms with Crippen molar-refractivity contribution in [3.63, 3.8) is 0 Å². The van der Waals surface area contributed by atoms with E-state index in [4.69, 9.17) is 4.74 Å². The van der Waals surface area contributed by atoms with Crippen molar-refractivity contribution in [3.05, 3.63) is 17.6 Å². The first-order valence-corrected chi connectivity index (χ1v) is 6.08. The van der Waals surface area contributed by atoms with E-state index in [1.54, 1.807) is 0 Å². The third-order valence-electron chi connectivity index (χ3n) is 1.96. The van der Waals surface area contributed by atoms with E-state index in [-0.39, 0.29) is 0 Å². The van der Waals surface area contributed by atoms with Crippen LogP contribution in [0.2, 0.25) is 0 Å². The summed E-state index contributed by atoms with van der Waals surface area (Å²) in [6.07, 6.45) is 0.906. The minimum atomic E-state index is -0.514. The van der Waals surface area contributed by atoms with Crippen LogP contribution in [0, 0.1) is 13.8 Å². The number of hydrogen-bond acceptors (Lipinski definition) is 4. The van der Waals surface area contributed by atoms with Gasteiger partial charge in [-0.15, -0.1) is 0 Å². The third-order valence-corrected chi connectivity index (χ3v) is 1.96. The average Bonchev–Trinajstić information content (AvgIpc) is 2.25. The van der Waals surface area contributed by atoms with E-state index in [0.29, 0.717) is 5.82 Å². The van der Waals surface area contributed by atoms with Gasteiger partial charge in [-0.1, -0.05) is 13.8 Å². The fourth-order valence-electron chi connectivity index (χ4n) is 1.06. The van der Waals surface area contributed by atoms with Crippen molar-refractivity contribution in [3.8, 4) is 0 Å². The van der Waals surface area contributed by atoms with Crippen LogP contribution in [0.4, 0.5) is 10.6 Å². The van der Waals surface area contributed by atoms with Gasteiger partial charge in [0.1, 0.15) is 17.7 Å². The highest BCUT2D eigenvalue weighted by Crippen LogP contribution is 2.14. The molecule has 1 rings (SSSR count). The molecule has 1 aromatic heterocycles. The van der Waals surface area contributed by atoms with Gasteiger partial charge in [0.15, 0.2) is 0 Å². The molecule has 0 saturated carbocycles. The smallest absolute Gasteiger partial charge is 0.413 e. The van der Waals surface area contributed by atoms with Crippen molar-refractivity contribution in [2.75, 3.05) is 5.32 Å². The van der Waals surface area contributed by atoms with Gasteiger partial charge in [0.25, 0.3) is 0 Å². The standard InChI is InChI=1S/C11H17N3O2.C2H6/c1-7-8(2)12-6-13-9(7)14-10(15)16-11(3,4)5;1-2/h6H,1-5H3,(H,12,13,14,15);1-2H3. The summed E-state index contributed by atoms with van der Waals surface area (Å²) in [4.78, 5) is 19.5. The van der Waals surface area contributed by atoms with Gasteiger partial charge in [0, 0.05) is 11.3 Å². The molecule has 0 aromatic carbocycles. The number of anilines is 1. The second kappa shape index (κ2) is 6.93. The molecule has 102 valence electrons. The van der Waals surface area contributed by atoms with E-state index in [9.17, 15) is 4.79 Å². The Labute approximate surface area is 109 Å². The molecule has 5 heteroatoms. The van der Waals surface area contributed by atoms with E-state index in [1.165, 1.54) is 6.33 Å². The normalized spacial score (nSPS) is 10.2. The van der Waals surface area contributed by atoms with Crippen molar-refractivity contribution in [2.24, 2.45) is 0 Å². The Balaban J connectivity index is 0.00000137. The Hall–Kier alpha value is -1.65. The van der Waals surface area contributed by atoms with Gasteiger partial charge >= 0.3 is 6.09 Å². The Morgan fingerprint density at radius 1 is 1.22 bits per heavy atom.